The van der Waals surface area contributed by atoms with Crippen LogP contribution in [-0.4, -0.2) is 16.8 Å². The maximum absolute atomic E-state index is 12.4. The van der Waals surface area contributed by atoms with Gasteiger partial charge in [0.25, 0.3) is 5.91 Å². The number of thiazole rings is 1. The van der Waals surface area contributed by atoms with Crippen LogP contribution < -0.4 is 11.1 Å². The molecule has 1 aromatic heterocycles. The molecule has 2 saturated carbocycles. The molecule has 0 aliphatic heterocycles. The lowest BCUT2D eigenvalue weighted by Crippen LogP contribution is -2.34. The quantitative estimate of drug-likeness (QED) is 0.874. The summed E-state index contributed by atoms with van der Waals surface area (Å²) in [4.78, 5) is 27.4. The molecule has 1 unspecified atom stereocenters. The van der Waals surface area contributed by atoms with Crippen molar-refractivity contribution in [2.24, 2.45) is 16.6 Å². The van der Waals surface area contributed by atoms with Crippen molar-refractivity contribution in [1.82, 2.24) is 10.3 Å². The number of nitrogens with one attached hydrogen (secondary N) is 1. The Morgan fingerprint density at radius 1 is 1.48 bits per heavy atom. The molecule has 1 spiro atoms. The fourth-order valence-electron chi connectivity index (χ4n) is 3.46. The third-order valence-electron chi connectivity index (χ3n) is 4.73. The number of hydrogen-bond donors (Lipinski definition) is 2. The normalized spacial score (nSPS) is 25.5. The number of rotatable bonds is 4. The first-order valence-electron chi connectivity index (χ1n) is 6.97. The molecular formula is C14H16N4O2S. The van der Waals surface area contributed by atoms with Crippen LogP contribution in [0.3, 0.4) is 0 Å². The van der Waals surface area contributed by atoms with Crippen molar-refractivity contribution in [3.8, 4) is 6.07 Å². The molecule has 7 heteroatoms. The van der Waals surface area contributed by atoms with Crippen molar-refractivity contribution in [1.29, 1.82) is 5.26 Å². The predicted molar refractivity (Wildman–Crippen MR) is 76.0 cm³/mol. The lowest BCUT2D eigenvalue weighted by atomic mass is 9.91. The summed E-state index contributed by atoms with van der Waals surface area (Å²) in [5.41, 5.74) is 4.40. The number of carbonyl (C=O) groups is 2. The second-order valence-corrected chi connectivity index (χ2v) is 6.80. The van der Waals surface area contributed by atoms with Gasteiger partial charge in [-0.15, -0.1) is 11.3 Å². The lowest BCUT2D eigenvalue weighted by Gasteiger charge is -2.14. The molecule has 3 rings (SSSR count). The molecule has 6 nitrogen and oxygen atoms in total. The zero-order valence-corrected chi connectivity index (χ0v) is 12.3. The second-order valence-electron chi connectivity index (χ2n) is 5.85. The Balaban J connectivity index is 1.64. The number of aromatic nitrogens is 1. The van der Waals surface area contributed by atoms with E-state index in [1.54, 1.807) is 5.38 Å². The third-order valence-corrected chi connectivity index (χ3v) is 5.58. The number of carbonyl (C=O) groups excluding carboxylic acids is 2. The smallest absolute Gasteiger partial charge is 0.268 e. The van der Waals surface area contributed by atoms with Gasteiger partial charge in [-0.05, 0) is 19.3 Å². The van der Waals surface area contributed by atoms with Gasteiger partial charge in [-0.25, -0.2) is 4.98 Å². The molecular weight excluding hydrogens is 288 g/mol. The Kier molecular flexibility index (Phi) is 3.21. The number of hydrogen-bond acceptors (Lipinski definition) is 5. The number of amides is 2. The van der Waals surface area contributed by atoms with Crippen LogP contribution in [0.2, 0.25) is 0 Å². The molecule has 0 aromatic carbocycles. The van der Waals surface area contributed by atoms with Gasteiger partial charge in [0.05, 0.1) is 12.6 Å². The van der Waals surface area contributed by atoms with E-state index in [0.29, 0.717) is 11.4 Å². The SMILES string of the molecule is N#CC1(C(=O)NCc2nc(C(N)=O)cs2)CC12CCCC2. The summed E-state index contributed by atoms with van der Waals surface area (Å²) < 4.78 is 0. The van der Waals surface area contributed by atoms with Crippen LogP contribution in [0.25, 0.3) is 0 Å². The minimum atomic E-state index is -0.854. The summed E-state index contributed by atoms with van der Waals surface area (Å²) in [5.74, 6) is -0.785. The summed E-state index contributed by atoms with van der Waals surface area (Å²) in [6.45, 7) is 0.232. The van der Waals surface area contributed by atoms with Gasteiger partial charge in [0.15, 0.2) is 0 Å². The zero-order valence-electron chi connectivity index (χ0n) is 11.5. The molecule has 2 aliphatic carbocycles. The molecule has 2 fully saturated rings. The average molecular weight is 304 g/mol. The predicted octanol–water partition coefficient (Wildman–Crippen LogP) is 1.33. The molecule has 1 heterocycles. The largest absolute Gasteiger partial charge is 0.364 e. The van der Waals surface area contributed by atoms with E-state index in [1.807, 2.05) is 0 Å². The molecule has 21 heavy (non-hydrogen) atoms. The number of primary amides is 1. The molecule has 2 amide bonds. The van der Waals surface area contributed by atoms with E-state index in [9.17, 15) is 14.9 Å². The number of nitrogens with zero attached hydrogens (tertiary/aromatic N) is 2. The lowest BCUT2D eigenvalue weighted by molar-refractivity contribution is -0.125. The minimum absolute atomic E-state index is 0.0902. The van der Waals surface area contributed by atoms with Gasteiger partial charge in [0.2, 0.25) is 5.91 Å². The van der Waals surface area contributed by atoms with E-state index in [2.05, 4.69) is 16.4 Å². The molecule has 0 bridgehead atoms. The second kappa shape index (κ2) is 4.81. The standard InChI is InChI=1S/C14H16N4O2S/c15-8-14(7-13(14)3-1-2-4-13)12(20)17-5-10-18-9(6-21-10)11(16)19/h6H,1-5,7H2,(H2,16,19)(H,17,20). The Morgan fingerprint density at radius 3 is 2.76 bits per heavy atom. The van der Waals surface area contributed by atoms with Crippen molar-refractivity contribution in [3.05, 3.63) is 16.1 Å². The topological polar surface area (TPSA) is 109 Å². The van der Waals surface area contributed by atoms with Crippen molar-refractivity contribution in [2.75, 3.05) is 0 Å². The van der Waals surface area contributed by atoms with Gasteiger partial charge in [-0.3, -0.25) is 9.59 Å². The zero-order chi connectivity index (χ0) is 15.1. The Hall–Kier alpha value is -1.94. The van der Waals surface area contributed by atoms with Crippen molar-refractivity contribution in [3.63, 3.8) is 0 Å². The highest BCUT2D eigenvalue weighted by molar-refractivity contribution is 7.09. The highest BCUT2D eigenvalue weighted by Gasteiger charge is 2.72. The first-order chi connectivity index (χ1) is 10.0. The fourth-order valence-corrected chi connectivity index (χ4v) is 4.18. The minimum Gasteiger partial charge on any atom is -0.364 e. The van der Waals surface area contributed by atoms with Crippen molar-refractivity contribution < 1.29 is 9.59 Å². The molecule has 0 radical (unpaired) electrons. The molecule has 1 aromatic rings. The van der Waals surface area contributed by atoms with Gasteiger partial charge < -0.3 is 11.1 Å². The van der Waals surface area contributed by atoms with Gasteiger partial charge >= 0.3 is 0 Å². The molecule has 1 atom stereocenters. The van der Waals surface area contributed by atoms with Crippen molar-refractivity contribution in [2.45, 2.75) is 38.6 Å². The first-order valence-corrected chi connectivity index (χ1v) is 7.85. The van der Waals surface area contributed by atoms with E-state index >= 15 is 0 Å². The Labute approximate surface area is 126 Å². The first kappa shape index (κ1) is 14.0. The molecule has 2 aliphatic rings. The highest BCUT2D eigenvalue weighted by Crippen LogP contribution is 2.71. The number of nitrogens with two attached hydrogens (primary N) is 1. The van der Waals surface area contributed by atoms with Crippen LogP contribution in [0.15, 0.2) is 5.38 Å². The van der Waals surface area contributed by atoms with Gasteiger partial charge in [0.1, 0.15) is 16.1 Å². The van der Waals surface area contributed by atoms with E-state index in [0.717, 1.165) is 25.7 Å². The van der Waals surface area contributed by atoms with E-state index < -0.39 is 11.3 Å². The van der Waals surface area contributed by atoms with E-state index in [1.165, 1.54) is 11.3 Å². The van der Waals surface area contributed by atoms with Crippen LogP contribution in [0, 0.1) is 22.2 Å². The van der Waals surface area contributed by atoms with Gasteiger partial charge in [-0.2, -0.15) is 5.26 Å². The Morgan fingerprint density at radius 2 is 2.19 bits per heavy atom. The maximum Gasteiger partial charge on any atom is 0.268 e. The van der Waals surface area contributed by atoms with Gasteiger partial charge in [-0.1, -0.05) is 12.8 Å². The summed E-state index contributed by atoms with van der Waals surface area (Å²) >= 11 is 1.27. The maximum atomic E-state index is 12.4. The number of nitriles is 1. The summed E-state index contributed by atoms with van der Waals surface area (Å²) in [7, 11) is 0. The average Bonchev–Trinajstić information content (AvgIpc) is 2.85. The van der Waals surface area contributed by atoms with Crippen LogP contribution >= 0.6 is 11.3 Å². The van der Waals surface area contributed by atoms with Crippen LogP contribution in [0.4, 0.5) is 0 Å². The third kappa shape index (κ3) is 2.10. The molecule has 110 valence electrons. The Bertz CT molecular complexity index is 642. The van der Waals surface area contributed by atoms with Crippen LogP contribution in [-0.2, 0) is 11.3 Å². The van der Waals surface area contributed by atoms with Crippen molar-refractivity contribution >= 4 is 23.2 Å². The monoisotopic (exact) mass is 304 g/mol. The van der Waals surface area contributed by atoms with E-state index in [-0.39, 0.29) is 23.6 Å². The fraction of sp³-hybridized carbons (Fsp3) is 0.571. The van der Waals surface area contributed by atoms with Crippen LogP contribution in [0.5, 0.6) is 0 Å². The van der Waals surface area contributed by atoms with E-state index in [4.69, 9.17) is 5.73 Å². The molecule has 3 N–H and O–H groups in total. The molecule has 0 saturated heterocycles. The van der Waals surface area contributed by atoms with Gasteiger partial charge in [0, 0.05) is 10.8 Å². The summed E-state index contributed by atoms with van der Waals surface area (Å²) in [6.07, 6.45) is 4.82. The van der Waals surface area contributed by atoms with Crippen LogP contribution in [0.1, 0.15) is 47.6 Å². The summed E-state index contributed by atoms with van der Waals surface area (Å²) in [5, 5.41) is 14.4. The highest BCUT2D eigenvalue weighted by atomic mass is 32.1. The summed E-state index contributed by atoms with van der Waals surface area (Å²) in [6, 6.07) is 2.24.